The van der Waals surface area contributed by atoms with Gasteiger partial charge in [0.1, 0.15) is 0 Å². The quantitative estimate of drug-likeness (QED) is 0.773. The van der Waals surface area contributed by atoms with Gasteiger partial charge in [-0.05, 0) is 31.4 Å². The van der Waals surface area contributed by atoms with Gasteiger partial charge < -0.3 is 9.64 Å². The maximum Gasteiger partial charge on any atom is 0.306 e. The number of hydrogen-bond acceptors (Lipinski definition) is 4. The minimum absolute atomic E-state index is 0.0180. The van der Waals surface area contributed by atoms with Crippen molar-refractivity contribution < 1.29 is 14.3 Å². The molecular weight excluding hydrogens is 256 g/mol. The van der Waals surface area contributed by atoms with Crippen LogP contribution in [0.1, 0.15) is 44.2 Å². The fourth-order valence-corrected chi connectivity index (χ4v) is 2.57. The van der Waals surface area contributed by atoms with E-state index >= 15 is 0 Å². The van der Waals surface area contributed by atoms with Crippen LogP contribution in [0.2, 0.25) is 0 Å². The van der Waals surface area contributed by atoms with Gasteiger partial charge in [-0.1, -0.05) is 6.07 Å². The Hall–Kier alpha value is -1.91. The molecule has 0 spiro atoms. The van der Waals surface area contributed by atoms with Crippen LogP contribution in [0.3, 0.4) is 0 Å². The molecule has 2 heterocycles. The van der Waals surface area contributed by atoms with Gasteiger partial charge in [0.2, 0.25) is 5.91 Å². The van der Waals surface area contributed by atoms with Crippen LogP contribution in [-0.4, -0.2) is 34.9 Å². The van der Waals surface area contributed by atoms with Crippen molar-refractivity contribution in [3.8, 4) is 0 Å². The summed E-state index contributed by atoms with van der Waals surface area (Å²) in [5.41, 5.74) is 1.06. The van der Waals surface area contributed by atoms with Crippen LogP contribution in [-0.2, 0) is 14.3 Å². The SMILES string of the molecule is CCOC(=O)CCC(=O)N1CCCC1c1cccnc1. The Morgan fingerprint density at radius 2 is 2.30 bits per heavy atom. The standard InChI is InChI=1S/C15H20N2O3/c1-2-20-15(19)8-7-14(18)17-10-4-6-13(17)12-5-3-9-16-11-12/h3,5,9,11,13H,2,4,6-8,10H2,1H3. The number of aromatic nitrogens is 1. The zero-order chi connectivity index (χ0) is 14.4. The lowest BCUT2D eigenvalue weighted by molar-refractivity contribution is -0.145. The van der Waals surface area contributed by atoms with Gasteiger partial charge in [-0.25, -0.2) is 0 Å². The topological polar surface area (TPSA) is 59.5 Å². The molecule has 1 aliphatic heterocycles. The first kappa shape index (κ1) is 14.5. The largest absolute Gasteiger partial charge is 0.466 e. The summed E-state index contributed by atoms with van der Waals surface area (Å²) in [4.78, 5) is 29.5. The monoisotopic (exact) mass is 276 g/mol. The van der Waals surface area contributed by atoms with Crippen LogP contribution in [0.25, 0.3) is 0 Å². The maximum absolute atomic E-state index is 12.2. The van der Waals surface area contributed by atoms with Crippen molar-refractivity contribution in [3.63, 3.8) is 0 Å². The molecule has 2 rings (SSSR count). The van der Waals surface area contributed by atoms with Crippen molar-refractivity contribution in [3.05, 3.63) is 30.1 Å². The molecule has 1 fully saturated rings. The Morgan fingerprint density at radius 3 is 3.00 bits per heavy atom. The number of pyridine rings is 1. The van der Waals surface area contributed by atoms with E-state index in [1.807, 2.05) is 23.2 Å². The van der Waals surface area contributed by atoms with Crippen molar-refractivity contribution in [1.29, 1.82) is 0 Å². The first-order valence-corrected chi connectivity index (χ1v) is 7.07. The third-order valence-electron chi connectivity index (χ3n) is 3.49. The Labute approximate surface area is 118 Å². The molecule has 1 saturated heterocycles. The molecule has 0 N–H and O–H groups in total. The van der Waals surface area contributed by atoms with E-state index in [0.29, 0.717) is 6.61 Å². The average molecular weight is 276 g/mol. The second-order valence-electron chi connectivity index (χ2n) is 4.84. The Morgan fingerprint density at radius 1 is 1.45 bits per heavy atom. The zero-order valence-corrected chi connectivity index (χ0v) is 11.7. The number of hydrogen-bond donors (Lipinski definition) is 0. The first-order valence-electron chi connectivity index (χ1n) is 7.07. The van der Waals surface area contributed by atoms with Crippen LogP contribution in [0.5, 0.6) is 0 Å². The van der Waals surface area contributed by atoms with Gasteiger partial charge in [0.05, 0.1) is 19.1 Å². The molecule has 1 aromatic heterocycles. The third-order valence-corrected chi connectivity index (χ3v) is 3.49. The molecule has 1 aliphatic rings. The van der Waals surface area contributed by atoms with Crippen LogP contribution >= 0.6 is 0 Å². The van der Waals surface area contributed by atoms with Gasteiger partial charge in [-0.2, -0.15) is 0 Å². The zero-order valence-electron chi connectivity index (χ0n) is 11.7. The molecule has 1 unspecified atom stereocenters. The number of nitrogens with zero attached hydrogens (tertiary/aromatic N) is 2. The van der Waals surface area contributed by atoms with Crippen LogP contribution in [0.4, 0.5) is 0 Å². The van der Waals surface area contributed by atoms with Crippen LogP contribution < -0.4 is 0 Å². The first-order chi connectivity index (χ1) is 9.72. The lowest BCUT2D eigenvalue weighted by Crippen LogP contribution is -2.30. The summed E-state index contributed by atoms with van der Waals surface area (Å²) in [7, 11) is 0. The van der Waals surface area contributed by atoms with Crippen molar-refractivity contribution in [2.75, 3.05) is 13.2 Å². The number of amides is 1. The normalized spacial score (nSPS) is 18.1. The summed E-state index contributed by atoms with van der Waals surface area (Å²) in [6, 6.07) is 3.97. The number of carbonyl (C=O) groups is 2. The molecule has 0 aliphatic carbocycles. The lowest BCUT2D eigenvalue weighted by Gasteiger charge is -2.24. The van der Waals surface area contributed by atoms with Gasteiger partial charge in [-0.15, -0.1) is 0 Å². The minimum Gasteiger partial charge on any atom is -0.466 e. The number of likely N-dealkylation sites (tertiary alicyclic amines) is 1. The summed E-state index contributed by atoms with van der Waals surface area (Å²) < 4.78 is 4.85. The van der Waals surface area contributed by atoms with E-state index in [1.165, 1.54) is 0 Å². The molecule has 1 atom stereocenters. The van der Waals surface area contributed by atoms with Gasteiger partial charge in [0.15, 0.2) is 0 Å². The highest BCUT2D eigenvalue weighted by Crippen LogP contribution is 2.31. The average Bonchev–Trinajstić information content (AvgIpc) is 2.95. The fraction of sp³-hybridized carbons (Fsp3) is 0.533. The molecule has 0 aromatic carbocycles. The lowest BCUT2D eigenvalue weighted by atomic mass is 10.1. The van der Waals surface area contributed by atoms with E-state index in [9.17, 15) is 9.59 Å². The van der Waals surface area contributed by atoms with E-state index < -0.39 is 0 Å². The van der Waals surface area contributed by atoms with Crippen molar-refractivity contribution in [2.24, 2.45) is 0 Å². The molecule has 0 radical (unpaired) electrons. The minimum atomic E-state index is -0.307. The highest BCUT2D eigenvalue weighted by atomic mass is 16.5. The van der Waals surface area contributed by atoms with Crippen LogP contribution in [0.15, 0.2) is 24.5 Å². The molecule has 20 heavy (non-hydrogen) atoms. The van der Waals surface area contributed by atoms with E-state index in [1.54, 1.807) is 13.1 Å². The van der Waals surface area contributed by atoms with Crippen molar-refractivity contribution >= 4 is 11.9 Å². The molecule has 1 amide bonds. The van der Waals surface area contributed by atoms with E-state index in [4.69, 9.17) is 4.74 Å². The smallest absolute Gasteiger partial charge is 0.306 e. The Bertz CT molecular complexity index is 461. The summed E-state index contributed by atoms with van der Waals surface area (Å²) in [5.74, 6) is -0.289. The molecular formula is C15H20N2O3. The van der Waals surface area contributed by atoms with Gasteiger partial charge in [0, 0.05) is 25.4 Å². The second kappa shape index (κ2) is 7.03. The molecule has 0 saturated carbocycles. The Kier molecular flexibility index (Phi) is 5.09. The molecule has 5 nitrogen and oxygen atoms in total. The van der Waals surface area contributed by atoms with E-state index in [0.717, 1.165) is 24.9 Å². The van der Waals surface area contributed by atoms with Crippen molar-refractivity contribution in [1.82, 2.24) is 9.88 Å². The van der Waals surface area contributed by atoms with Gasteiger partial charge in [0.25, 0.3) is 0 Å². The maximum atomic E-state index is 12.2. The predicted octanol–water partition coefficient (Wildman–Crippen LogP) is 2.09. The molecule has 108 valence electrons. The van der Waals surface area contributed by atoms with Crippen molar-refractivity contribution in [2.45, 2.75) is 38.6 Å². The van der Waals surface area contributed by atoms with Gasteiger partial charge >= 0.3 is 5.97 Å². The number of esters is 1. The summed E-state index contributed by atoms with van der Waals surface area (Å²) in [6.45, 7) is 2.87. The Balaban J connectivity index is 1.93. The highest BCUT2D eigenvalue weighted by molar-refractivity contribution is 5.81. The van der Waals surface area contributed by atoms with Gasteiger partial charge in [-0.3, -0.25) is 14.6 Å². The predicted molar refractivity (Wildman–Crippen MR) is 73.8 cm³/mol. The third kappa shape index (κ3) is 3.56. The number of carbonyl (C=O) groups excluding carboxylic acids is 2. The highest BCUT2D eigenvalue weighted by Gasteiger charge is 2.29. The fourth-order valence-electron chi connectivity index (χ4n) is 2.57. The van der Waals surface area contributed by atoms with Crippen LogP contribution in [0, 0.1) is 0 Å². The molecule has 1 aromatic rings. The second-order valence-corrected chi connectivity index (χ2v) is 4.84. The van der Waals surface area contributed by atoms with E-state index in [-0.39, 0.29) is 30.8 Å². The number of rotatable bonds is 5. The van der Waals surface area contributed by atoms with E-state index in [2.05, 4.69) is 4.98 Å². The summed E-state index contributed by atoms with van der Waals surface area (Å²) in [5, 5.41) is 0. The molecule has 5 heteroatoms. The molecule has 0 bridgehead atoms. The summed E-state index contributed by atoms with van der Waals surface area (Å²) >= 11 is 0. The number of ether oxygens (including phenoxy) is 1. The summed E-state index contributed by atoms with van der Waals surface area (Å²) in [6.07, 6.45) is 5.85.